The second-order valence-electron chi connectivity index (χ2n) is 19.7. The van der Waals surface area contributed by atoms with Gasteiger partial charge >= 0.3 is 5.97 Å². The van der Waals surface area contributed by atoms with Crippen molar-refractivity contribution in [1.29, 1.82) is 0 Å². The number of carboxylic acids is 1. The van der Waals surface area contributed by atoms with Crippen molar-refractivity contribution in [1.82, 2.24) is 0 Å². The van der Waals surface area contributed by atoms with Gasteiger partial charge in [0.1, 0.15) is 9.79 Å². The molecule has 27 heteroatoms. The van der Waals surface area contributed by atoms with Crippen molar-refractivity contribution >= 4 is 83.8 Å². The SMILES string of the molecule is COCCOCCOCCOCCC1(C)\C(=C/C=C/C=C/CC(C)(CCCS(=O)(=O)OC)c2c(C)ccc3c(S(=O)(=O)OC)cc(S(=O)(=O)OC)cc23)N(CCCCCC(=O)O)c2ccc3c(S(=O)(=O)OC)cc(S(=O)(=O)OC)cc3c21. The normalized spacial score (nSPS) is 16.8. The number of anilines is 1. The van der Waals surface area contributed by atoms with Gasteiger partial charge in [0.25, 0.3) is 50.6 Å². The van der Waals surface area contributed by atoms with Crippen LogP contribution in [0.2, 0.25) is 0 Å². The van der Waals surface area contributed by atoms with Crippen LogP contribution in [0, 0.1) is 6.92 Å². The van der Waals surface area contributed by atoms with Crippen LogP contribution >= 0.6 is 0 Å². The van der Waals surface area contributed by atoms with Crippen molar-refractivity contribution in [3.63, 3.8) is 0 Å². The second kappa shape index (κ2) is 29.4. The molecule has 4 aromatic rings. The summed E-state index contributed by atoms with van der Waals surface area (Å²) in [4.78, 5) is 11.8. The van der Waals surface area contributed by atoms with E-state index in [1.165, 1.54) is 12.1 Å². The molecule has 0 radical (unpaired) electrons. The van der Waals surface area contributed by atoms with Crippen molar-refractivity contribution in [2.24, 2.45) is 0 Å². The van der Waals surface area contributed by atoms with Crippen molar-refractivity contribution in [3.05, 3.63) is 101 Å². The fraction of sp³-hybridized carbons (Fsp3) is 0.509. The van der Waals surface area contributed by atoms with Gasteiger partial charge < -0.3 is 29.0 Å². The maximum atomic E-state index is 13.6. The molecule has 5 rings (SSSR count). The van der Waals surface area contributed by atoms with E-state index in [4.69, 9.17) is 39.9 Å². The molecule has 2 atom stereocenters. The minimum absolute atomic E-state index is 0.0367. The minimum atomic E-state index is -4.52. The van der Waals surface area contributed by atoms with Crippen LogP contribution in [-0.2, 0) is 106 Å². The van der Waals surface area contributed by atoms with E-state index >= 15 is 0 Å². The van der Waals surface area contributed by atoms with Gasteiger partial charge in [-0.15, -0.1) is 0 Å². The van der Waals surface area contributed by atoms with E-state index < -0.39 is 87.0 Å². The Morgan fingerprint density at radius 3 is 1.70 bits per heavy atom. The molecule has 1 aliphatic rings. The van der Waals surface area contributed by atoms with E-state index in [9.17, 15) is 52.0 Å². The van der Waals surface area contributed by atoms with Crippen molar-refractivity contribution < 1.29 is 91.9 Å². The number of carbonyl (C=O) groups is 1. The van der Waals surface area contributed by atoms with Gasteiger partial charge in [-0.1, -0.05) is 55.8 Å². The molecule has 0 aromatic heterocycles. The Labute approximate surface area is 482 Å². The highest BCUT2D eigenvalue weighted by Crippen LogP contribution is 2.54. The summed E-state index contributed by atoms with van der Waals surface area (Å²) in [6, 6.07) is 11.3. The standard InChI is InChI=1S/C55H75NO21S5/c1-40-20-21-43-45(36-41(79(61,62)71-6)38-48(43)81(65,66)73-8)52(40)54(2,25-17-35-78(59,60)70-5)24-15-11-10-13-18-50-55(3,26-28-75-31-32-77-34-33-76-30-29-69-4)53-46-37-42(80(63,64)72-7)39-49(82(67,68)74-9)44(46)22-23-47(53)56(50)27-16-12-14-19-51(57)58/h10-11,13,15,18,20-23,36-39H,12,14,16-17,19,24-35H2,1-9H3,(H,57,58)/b13-10+,15-11+,50-18+. The van der Waals surface area contributed by atoms with Gasteiger partial charge in [0.15, 0.2) is 0 Å². The fourth-order valence-corrected chi connectivity index (χ4v) is 14.2. The lowest BCUT2D eigenvalue weighted by Crippen LogP contribution is -2.30. The maximum Gasteiger partial charge on any atom is 0.303 e. The zero-order chi connectivity index (χ0) is 60.7. The highest BCUT2D eigenvalue weighted by atomic mass is 32.2. The number of allylic oxidation sites excluding steroid dienone is 6. The summed E-state index contributed by atoms with van der Waals surface area (Å²) >= 11 is 0. The largest absolute Gasteiger partial charge is 0.481 e. The molecule has 0 fully saturated rings. The summed E-state index contributed by atoms with van der Waals surface area (Å²) in [5, 5.41) is 10.3. The van der Waals surface area contributed by atoms with Gasteiger partial charge in [-0.3, -0.25) is 25.7 Å². The van der Waals surface area contributed by atoms with E-state index in [2.05, 4.69) is 0 Å². The van der Waals surface area contributed by atoms with Crippen LogP contribution in [-0.4, -0.2) is 154 Å². The van der Waals surface area contributed by atoms with E-state index in [1.807, 2.05) is 30.9 Å². The number of aliphatic carboxylic acids is 1. The van der Waals surface area contributed by atoms with E-state index in [1.54, 1.807) is 56.5 Å². The molecule has 1 heterocycles. The lowest BCUT2D eigenvalue weighted by atomic mass is 9.72. The summed E-state index contributed by atoms with van der Waals surface area (Å²) in [6.07, 6.45) is 11.3. The zero-order valence-corrected chi connectivity index (χ0v) is 51.7. The van der Waals surface area contributed by atoms with Gasteiger partial charge in [0.05, 0.1) is 90.7 Å². The Morgan fingerprint density at radius 2 is 1.15 bits per heavy atom. The number of rotatable bonds is 36. The number of hydrogen-bond acceptors (Lipinski definition) is 21. The third-order valence-corrected chi connectivity index (χ3v) is 20.8. The first-order chi connectivity index (χ1) is 38.6. The van der Waals surface area contributed by atoms with Crippen LogP contribution in [0.3, 0.4) is 0 Å². The molecule has 22 nitrogen and oxygen atoms in total. The minimum Gasteiger partial charge on any atom is -0.481 e. The number of unbranched alkanes of at least 4 members (excludes halogenated alkanes) is 2. The number of carboxylic acid groups (broad SMARTS) is 1. The summed E-state index contributed by atoms with van der Waals surface area (Å²) in [6.45, 7) is 8.12. The zero-order valence-electron chi connectivity index (χ0n) is 47.6. The first kappa shape index (κ1) is 68.1. The molecule has 2 unspecified atom stereocenters. The Kier molecular flexibility index (Phi) is 24.4. The van der Waals surface area contributed by atoms with E-state index in [0.717, 1.165) is 47.7 Å². The number of benzene rings is 4. The molecule has 0 saturated carbocycles. The molecule has 0 aliphatic carbocycles. The lowest BCUT2D eigenvalue weighted by Gasteiger charge is -2.33. The molecule has 1 N–H and O–H groups in total. The number of nitrogens with zero attached hydrogens (tertiary/aromatic N) is 1. The second-order valence-corrected chi connectivity index (χ2v) is 28.3. The Morgan fingerprint density at radius 1 is 0.610 bits per heavy atom. The third kappa shape index (κ3) is 16.6. The Balaban J connectivity index is 1.67. The average molecular weight is 1250 g/mol. The van der Waals surface area contributed by atoms with Crippen LogP contribution in [0.1, 0.15) is 81.9 Å². The van der Waals surface area contributed by atoms with E-state index in [-0.39, 0.29) is 79.2 Å². The summed E-state index contributed by atoms with van der Waals surface area (Å²) in [5.41, 5.74) is 1.09. The highest BCUT2D eigenvalue weighted by molar-refractivity contribution is 7.88. The Hall–Kier alpha value is -4.72. The van der Waals surface area contributed by atoms with Crippen molar-refractivity contribution in [2.75, 3.05) is 106 Å². The van der Waals surface area contributed by atoms with Crippen LogP contribution in [0.5, 0.6) is 0 Å². The molecule has 82 heavy (non-hydrogen) atoms. The summed E-state index contributed by atoms with van der Waals surface area (Å²) < 4.78 is 179. The first-order valence-electron chi connectivity index (χ1n) is 26.1. The van der Waals surface area contributed by atoms with Crippen LogP contribution < -0.4 is 4.90 Å². The topological polar surface area (TPSA) is 294 Å². The lowest BCUT2D eigenvalue weighted by molar-refractivity contribution is -0.137. The van der Waals surface area contributed by atoms with Crippen molar-refractivity contribution in [2.45, 2.75) is 103 Å². The number of ether oxygens (including phenoxy) is 4. The third-order valence-electron chi connectivity index (χ3n) is 14.4. The van der Waals surface area contributed by atoms with Crippen molar-refractivity contribution in [3.8, 4) is 0 Å². The summed E-state index contributed by atoms with van der Waals surface area (Å²) in [7, 11) is -15.4. The smallest absolute Gasteiger partial charge is 0.303 e. The molecule has 0 saturated heterocycles. The monoisotopic (exact) mass is 1250 g/mol. The highest BCUT2D eigenvalue weighted by Gasteiger charge is 2.45. The van der Waals surface area contributed by atoms with Gasteiger partial charge in [0, 0.05) is 54.3 Å². The molecule has 0 spiro atoms. The van der Waals surface area contributed by atoms with Gasteiger partial charge in [0.2, 0.25) is 0 Å². The molecular weight excluding hydrogens is 1170 g/mol. The van der Waals surface area contributed by atoms with Gasteiger partial charge in [-0.05, 0) is 122 Å². The molecular formula is C55H75NO21S5. The van der Waals surface area contributed by atoms with Crippen LogP contribution in [0.25, 0.3) is 21.5 Å². The maximum absolute atomic E-state index is 13.6. The van der Waals surface area contributed by atoms with Crippen LogP contribution in [0.15, 0.2) is 104 Å². The molecule has 0 bridgehead atoms. The molecule has 4 aromatic carbocycles. The number of hydrogen-bond donors (Lipinski definition) is 1. The number of aryl methyl sites for hydroxylation is 1. The molecule has 0 amide bonds. The average Bonchev–Trinajstić information content (AvgIpc) is 3.86. The Bertz CT molecular complexity index is 3580. The van der Waals surface area contributed by atoms with Crippen LogP contribution in [0.4, 0.5) is 5.69 Å². The number of methoxy groups -OCH3 is 1. The first-order valence-corrected chi connectivity index (χ1v) is 33.3. The van der Waals surface area contributed by atoms with Gasteiger partial charge in [-0.25, -0.2) is 0 Å². The summed E-state index contributed by atoms with van der Waals surface area (Å²) in [5.74, 6) is -1.28. The fourth-order valence-electron chi connectivity index (χ4n) is 10.2. The predicted molar refractivity (Wildman–Crippen MR) is 308 cm³/mol. The number of fused-ring (bicyclic) bond motifs is 4. The van der Waals surface area contributed by atoms with Gasteiger partial charge in [-0.2, -0.15) is 42.1 Å². The molecule has 456 valence electrons. The van der Waals surface area contributed by atoms with E-state index in [0.29, 0.717) is 80.3 Å². The molecule has 1 aliphatic heterocycles. The predicted octanol–water partition coefficient (Wildman–Crippen LogP) is 7.55. The quantitative estimate of drug-likeness (QED) is 0.0261.